The van der Waals surface area contributed by atoms with Gasteiger partial charge in [0.1, 0.15) is 9.88 Å². The number of aromatic nitrogens is 1. The molecule has 110 valence electrons. The largest absolute Gasteiger partial charge is 0.477 e. The van der Waals surface area contributed by atoms with Gasteiger partial charge in [0.05, 0.1) is 12.2 Å². The van der Waals surface area contributed by atoms with Gasteiger partial charge < -0.3 is 21.1 Å². The maximum atomic E-state index is 12.0. The van der Waals surface area contributed by atoms with Crippen molar-refractivity contribution in [3.05, 3.63) is 15.6 Å². The van der Waals surface area contributed by atoms with Crippen LogP contribution < -0.4 is 11.1 Å². The van der Waals surface area contributed by atoms with Crippen LogP contribution in [0.1, 0.15) is 33.2 Å². The number of aryl methyl sites for hydroxylation is 1. The lowest BCUT2D eigenvalue weighted by Crippen LogP contribution is -2.49. The van der Waals surface area contributed by atoms with E-state index in [1.807, 2.05) is 0 Å². The van der Waals surface area contributed by atoms with Crippen molar-refractivity contribution in [2.45, 2.75) is 32.4 Å². The first kappa shape index (κ1) is 14.7. The van der Waals surface area contributed by atoms with Gasteiger partial charge in [0.2, 0.25) is 0 Å². The van der Waals surface area contributed by atoms with Crippen molar-refractivity contribution in [2.75, 3.05) is 13.1 Å². The summed E-state index contributed by atoms with van der Waals surface area (Å²) in [7, 11) is 0. The van der Waals surface area contributed by atoms with E-state index in [1.165, 1.54) is 0 Å². The summed E-state index contributed by atoms with van der Waals surface area (Å²) in [6, 6.07) is -0.139. The molecule has 1 aliphatic rings. The van der Waals surface area contributed by atoms with Crippen LogP contribution in [0.4, 0.5) is 4.79 Å². The second-order valence-corrected chi connectivity index (χ2v) is 5.92. The fraction of sp³-hybridized carbons (Fsp3) is 0.583. The number of aromatic carboxylic acids is 1. The number of nitrogens with two attached hydrogens (primary N) is 1. The number of piperidine rings is 1. The van der Waals surface area contributed by atoms with Crippen LogP contribution in [-0.4, -0.2) is 46.1 Å². The summed E-state index contributed by atoms with van der Waals surface area (Å²) in [6.45, 7) is 3.15. The maximum Gasteiger partial charge on any atom is 0.347 e. The Balaban J connectivity index is 1.90. The van der Waals surface area contributed by atoms with E-state index in [0.717, 1.165) is 24.2 Å². The zero-order valence-corrected chi connectivity index (χ0v) is 12.1. The molecule has 1 aliphatic heterocycles. The summed E-state index contributed by atoms with van der Waals surface area (Å²) < 4.78 is 0. The van der Waals surface area contributed by atoms with Crippen molar-refractivity contribution in [2.24, 2.45) is 5.73 Å². The van der Waals surface area contributed by atoms with Gasteiger partial charge in [0.15, 0.2) is 0 Å². The van der Waals surface area contributed by atoms with Crippen molar-refractivity contribution >= 4 is 23.3 Å². The normalized spacial score (nSPS) is 18.9. The van der Waals surface area contributed by atoms with Gasteiger partial charge in [-0.3, -0.25) is 0 Å². The topological polar surface area (TPSA) is 109 Å². The molecule has 4 N–H and O–H groups in total. The minimum atomic E-state index is -0.986. The van der Waals surface area contributed by atoms with Crippen molar-refractivity contribution in [3.8, 4) is 0 Å². The summed E-state index contributed by atoms with van der Waals surface area (Å²) in [4.78, 5) is 28.9. The number of carbonyl (C=O) groups is 2. The fourth-order valence-electron chi connectivity index (χ4n) is 2.18. The maximum absolute atomic E-state index is 12.0. The molecule has 1 atom stereocenters. The van der Waals surface area contributed by atoms with Crippen molar-refractivity contribution in [1.29, 1.82) is 0 Å². The van der Waals surface area contributed by atoms with Gasteiger partial charge in [-0.2, -0.15) is 0 Å². The summed E-state index contributed by atoms with van der Waals surface area (Å²) in [5.41, 5.74) is 6.31. The Morgan fingerprint density at radius 3 is 2.95 bits per heavy atom. The van der Waals surface area contributed by atoms with Crippen LogP contribution in [0, 0.1) is 6.92 Å². The monoisotopic (exact) mass is 298 g/mol. The first-order valence-electron chi connectivity index (χ1n) is 6.45. The van der Waals surface area contributed by atoms with E-state index in [4.69, 9.17) is 10.8 Å². The van der Waals surface area contributed by atoms with Crippen LogP contribution in [0.15, 0.2) is 0 Å². The molecule has 0 bridgehead atoms. The molecule has 0 aliphatic carbocycles. The molecule has 2 rings (SSSR count). The number of nitrogens with zero attached hydrogens (tertiary/aromatic N) is 2. The molecule has 8 heteroatoms. The average Bonchev–Trinajstić information content (AvgIpc) is 2.77. The minimum Gasteiger partial charge on any atom is -0.477 e. The Kier molecular flexibility index (Phi) is 4.56. The Morgan fingerprint density at radius 1 is 1.60 bits per heavy atom. The highest BCUT2D eigenvalue weighted by Crippen LogP contribution is 2.18. The van der Waals surface area contributed by atoms with Crippen LogP contribution in [-0.2, 0) is 6.54 Å². The fourth-order valence-corrected chi connectivity index (χ4v) is 3.03. The van der Waals surface area contributed by atoms with Gasteiger partial charge in [-0.05, 0) is 19.8 Å². The van der Waals surface area contributed by atoms with Crippen LogP contribution in [0.5, 0.6) is 0 Å². The highest BCUT2D eigenvalue weighted by Gasteiger charge is 2.21. The number of amides is 2. The minimum absolute atomic E-state index is 0.0372. The van der Waals surface area contributed by atoms with Gasteiger partial charge in [-0.25, -0.2) is 14.6 Å². The summed E-state index contributed by atoms with van der Waals surface area (Å²) in [5, 5.41) is 12.3. The smallest absolute Gasteiger partial charge is 0.347 e. The van der Waals surface area contributed by atoms with Crippen molar-refractivity contribution < 1.29 is 14.7 Å². The number of thiazole rings is 1. The molecule has 1 fully saturated rings. The predicted molar refractivity (Wildman–Crippen MR) is 74.8 cm³/mol. The number of hydrogen-bond donors (Lipinski definition) is 3. The third-order valence-corrected chi connectivity index (χ3v) is 4.32. The van der Waals surface area contributed by atoms with Gasteiger partial charge in [0.25, 0.3) is 0 Å². The average molecular weight is 298 g/mol. The number of urea groups is 1. The van der Waals surface area contributed by atoms with E-state index in [2.05, 4.69) is 10.3 Å². The molecule has 0 spiro atoms. The van der Waals surface area contributed by atoms with E-state index in [9.17, 15) is 9.59 Å². The van der Waals surface area contributed by atoms with E-state index in [0.29, 0.717) is 23.8 Å². The first-order valence-corrected chi connectivity index (χ1v) is 7.27. The van der Waals surface area contributed by atoms with Crippen LogP contribution in [0.25, 0.3) is 0 Å². The summed E-state index contributed by atoms with van der Waals surface area (Å²) in [6.07, 6.45) is 1.85. The van der Waals surface area contributed by atoms with Gasteiger partial charge in [-0.15, -0.1) is 11.3 Å². The van der Waals surface area contributed by atoms with Crippen molar-refractivity contribution in [1.82, 2.24) is 15.2 Å². The second kappa shape index (κ2) is 6.19. The molecule has 0 saturated carbocycles. The lowest BCUT2D eigenvalue weighted by atomic mass is 10.1. The van der Waals surface area contributed by atoms with Gasteiger partial charge in [0, 0.05) is 19.1 Å². The van der Waals surface area contributed by atoms with E-state index >= 15 is 0 Å². The molecule has 7 nitrogen and oxygen atoms in total. The number of likely N-dealkylation sites (tertiary alicyclic amines) is 1. The highest BCUT2D eigenvalue weighted by atomic mass is 32.1. The number of carbonyl (C=O) groups excluding carboxylic acids is 1. The predicted octanol–water partition coefficient (Wildman–Crippen LogP) is 0.782. The molecule has 0 radical (unpaired) electrons. The number of carboxylic acids is 1. The molecule has 1 aromatic heterocycles. The quantitative estimate of drug-likeness (QED) is 0.764. The SMILES string of the molecule is Cc1nc(CNC(=O)N2CCCC(N)C2)sc1C(=O)O. The first-order chi connectivity index (χ1) is 9.47. The van der Waals surface area contributed by atoms with Crippen LogP contribution >= 0.6 is 11.3 Å². The molecule has 0 aromatic carbocycles. The number of rotatable bonds is 3. The standard InChI is InChI=1S/C12H18N4O3S/c1-7-10(11(17)18)20-9(15-7)5-14-12(19)16-4-2-3-8(13)6-16/h8H,2-6,13H2,1H3,(H,14,19)(H,17,18). The summed E-state index contributed by atoms with van der Waals surface area (Å²) in [5.74, 6) is -0.986. The molecular weight excluding hydrogens is 280 g/mol. The third-order valence-electron chi connectivity index (χ3n) is 3.17. The lowest BCUT2D eigenvalue weighted by molar-refractivity contribution is 0.0701. The number of carboxylic acid groups (broad SMARTS) is 1. The molecule has 20 heavy (non-hydrogen) atoms. The number of hydrogen-bond acceptors (Lipinski definition) is 5. The van der Waals surface area contributed by atoms with E-state index < -0.39 is 5.97 Å². The lowest BCUT2D eigenvalue weighted by Gasteiger charge is -2.30. The van der Waals surface area contributed by atoms with Gasteiger partial charge >= 0.3 is 12.0 Å². The zero-order valence-electron chi connectivity index (χ0n) is 11.3. The van der Waals surface area contributed by atoms with Crippen molar-refractivity contribution in [3.63, 3.8) is 0 Å². The highest BCUT2D eigenvalue weighted by molar-refractivity contribution is 7.13. The molecule has 2 heterocycles. The van der Waals surface area contributed by atoms with E-state index in [1.54, 1.807) is 11.8 Å². The molecular formula is C12H18N4O3S. The van der Waals surface area contributed by atoms with E-state index in [-0.39, 0.29) is 23.5 Å². The Morgan fingerprint density at radius 2 is 2.35 bits per heavy atom. The molecule has 1 unspecified atom stereocenters. The zero-order chi connectivity index (χ0) is 14.7. The Labute approximate surface area is 120 Å². The Bertz CT molecular complexity index is 517. The van der Waals surface area contributed by atoms with Crippen LogP contribution in [0.3, 0.4) is 0 Å². The second-order valence-electron chi connectivity index (χ2n) is 4.83. The summed E-state index contributed by atoms with van der Waals surface area (Å²) >= 11 is 1.09. The van der Waals surface area contributed by atoms with Gasteiger partial charge in [-0.1, -0.05) is 0 Å². The molecule has 2 amide bonds. The third kappa shape index (κ3) is 3.45. The Hall–Kier alpha value is -1.67. The molecule has 1 saturated heterocycles. The van der Waals surface area contributed by atoms with Crippen LogP contribution in [0.2, 0.25) is 0 Å². The molecule has 1 aromatic rings. The number of nitrogens with one attached hydrogen (secondary N) is 1.